The first-order valence-electron chi connectivity index (χ1n) is 7.53. The third-order valence-corrected chi connectivity index (χ3v) is 3.38. The Balaban J connectivity index is 2.51. The molecule has 2 N–H and O–H groups in total. The predicted octanol–water partition coefficient (Wildman–Crippen LogP) is 2.09. The van der Waals surface area contributed by atoms with Crippen LogP contribution in [0, 0.1) is 0 Å². The minimum absolute atomic E-state index is 0.0641. The van der Waals surface area contributed by atoms with Gasteiger partial charge in [0.05, 0.1) is 6.04 Å². The van der Waals surface area contributed by atoms with Gasteiger partial charge in [0.1, 0.15) is 0 Å². The average molecular weight is 306 g/mol. The van der Waals surface area contributed by atoms with Crippen LogP contribution < -0.4 is 10.6 Å². The van der Waals surface area contributed by atoms with E-state index in [0.717, 1.165) is 5.56 Å². The van der Waals surface area contributed by atoms with Crippen molar-refractivity contribution in [1.29, 1.82) is 0 Å². The van der Waals surface area contributed by atoms with Crippen LogP contribution in [0.5, 0.6) is 0 Å². The lowest BCUT2D eigenvalue weighted by Gasteiger charge is -2.27. The van der Waals surface area contributed by atoms with Gasteiger partial charge >= 0.3 is 6.03 Å². The van der Waals surface area contributed by atoms with Crippen LogP contribution in [0.25, 0.3) is 0 Å². The highest BCUT2D eigenvalue weighted by Crippen LogP contribution is 2.17. The molecule has 0 saturated heterocycles. The molecule has 0 saturated carbocycles. The zero-order valence-electron chi connectivity index (χ0n) is 14.0. The van der Waals surface area contributed by atoms with E-state index in [-0.39, 0.29) is 36.5 Å². The maximum atomic E-state index is 12.2. The third-order valence-electron chi connectivity index (χ3n) is 3.38. The van der Waals surface area contributed by atoms with Gasteiger partial charge in [-0.3, -0.25) is 9.78 Å². The summed E-state index contributed by atoms with van der Waals surface area (Å²) in [5.74, 6) is -0.0641. The summed E-state index contributed by atoms with van der Waals surface area (Å²) in [6.07, 6.45) is 3.71. The SMILES string of the molecule is CC(C)NC(=O)C[C@@H](C)NC(=O)N(C)[C@H](C)c1cccnc1. The number of pyridine rings is 1. The molecule has 0 spiro atoms. The highest BCUT2D eigenvalue weighted by atomic mass is 16.2. The fraction of sp³-hybridized carbons (Fsp3) is 0.562. The number of nitrogens with zero attached hydrogens (tertiary/aromatic N) is 2. The summed E-state index contributed by atoms with van der Waals surface area (Å²) in [6.45, 7) is 7.57. The minimum Gasteiger partial charge on any atom is -0.354 e. The second kappa shape index (κ2) is 8.36. The largest absolute Gasteiger partial charge is 0.354 e. The van der Waals surface area contributed by atoms with Crippen molar-refractivity contribution >= 4 is 11.9 Å². The van der Waals surface area contributed by atoms with Gasteiger partial charge in [-0.1, -0.05) is 6.07 Å². The molecule has 0 radical (unpaired) electrons. The highest BCUT2D eigenvalue weighted by molar-refractivity contribution is 5.79. The molecule has 1 aromatic heterocycles. The van der Waals surface area contributed by atoms with E-state index in [1.54, 1.807) is 24.3 Å². The second-order valence-electron chi connectivity index (χ2n) is 5.85. The van der Waals surface area contributed by atoms with Gasteiger partial charge in [0, 0.05) is 37.9 Å². The van der Waals surface area contributed by atoms with Gasteiger partial charge in [-0.05, 0) is 39.3 Å². The Morgan fingerprint density at radius 1 is 1.23 bits per heavy atom. The molecule has 0 fully saturated rings. The molecule has 0 bridgehead atoms. The summed E-state index contributed by atoms with van der Waals surface area (Å²) in [5.41, 5.74) is 0.963. The number of aromatic nitrogens is 1. The van der Waals surface area contributed by atoms with E-state index in [1.807, 2.05) is 39.8 Å². The number of urea groups is 1. The molecule has 1 heterocycles. The lowest BCUT2D eigenvalue weighted by molar-refractivity contribution is -0.121. The smallest absolute Gasteiger partial charge is 0.317 e. The van der Waals surface area contributed by atoms with Gasteiger partial charge in [0.2, 0.25) is 5.91 Å². The monoisotopic (exact) mass is 306 g/mol. The molecule has 6 nitrogen and oxygen atoms in total. The first kappa shape index (κ1) is 17.9. The summed E-state index contributed by atoms with van der Waals surface area (Å²) < 4.78 is 0. The minimum atomic E-state index is -0.227. The van der Waals surface area contributed by atoms with Crippen molar-refractivity contribution in [3.05, 3.63) is 30.1 Å². The van der Waals surface area contributed by atoms with Crippen LogP contribution in [-0.4, -0.2) is 41.0 Å². The molecule has 1 rings (SSSR count). The average Bonchev–Trinajstić information content (AvgIpc) is 2.45. The molecular weight excluding hydrogens is 280 g/mol. The van der Waals surface area contributed by atoms with Crippen LogP contribution in [0.15, 0.2) is 24.5 Å². The summed E-state index contributed by atoms with van der Waals surface area (Å²) >= 11 is 0. The number of carbonyl (C=O) groups is 2. The first-order valence-corrected chi connectivity index (χ1v) is 7.53. The zero-order valence-corrected chi connectivity index (χ0v) is 14.0. The zero-order chi connectivity index (χ0) is 16.7. The van der Waals surface area contributed by atoms with Crippen LogP contribution in [0.3, 0.4) is 0 Å². The van der Waals surface area contributed by atoms with E-state index in [2.05, 4.69) is 15.6 Å². The van der Waals surface area contributed by atoms with Crippen molar-refractivity contribution in [3.8, 4) is 0 Å². The Hall–Kier alpha value is -2.11. The maximum Gasteiger partial charge on any atom is 0.317 e. The van der Waals surface area contributed by atoms with Crippen LogP contribution in [0.1, 0.15) is 45.7 Å². The predicted molar refractivity (Wildman–Crippen MR) is 86.3 cm³/mol. The molecule has 0 aliphatic heterocycles. The van der Waals surface area contributed by atoms with Crippen LogP contribution in [0.4, 0.5) is 4.79 Å². The second-order valence-corrected chi connectivity index (χ2v) is 5.85. The molecule has 2 atom stereocenters. The van der Waals surface area contributed by atoms with Gasteiger partial charge in [-0.25, -0.2) is 4.79 Å². The Morgan fingerprint density at radius 3 is 2.45 bits per heavy atom. The number of hydrogen-bond acceptors (Lipinski definition) is 3. The molecule has 122 valence electrons. The van der Waals surface area contributed by atoms with E-state index >= 15 is 0 Å². The molecule has 0 aromatic carbocycles. The Labute approximate surface area is 132 Å². The molecule has 0 aliphatic carbocycles. The standard InChI is InChI=1S/C16H26N4O2/c1-11(2)18-15(21)9-12(3)19-16(22)20(5)13(4)14-7-6-8-17-10-14/h6-8,10-13H,9H2,1-5H3,(H,18,21)(H,19,22)/t12-,13-/m1/s1. The summed E-state index contributed by atoms with van der Waals surface area (Å²) in [4.78, 5) is 29.6. The first-order chi connectivity index (χ1) is 10.3. The van der Waals surface area contributed by atoms with Gasteiger partial charge < -0.3 is 15.5 Å². The van der Waals surface area contributed by atoms with E-state index in [4.69, 9.17) is 0 Å². The maximum absolute atomic E-state index is 12.2. The van der Waals surface area contributed by atoms with Crippen molar-refractivity contribution in [2.45, 2.75) is 52.2 Å². The lowest BCUT2D eigenvalue weighted by Crippen LogP contribution is -2.45. The number of carbonyl (C=O) groups excluding carboxylic acids is 2. The van der Waals surface area contributed by atoms with E-state index < -0.39 is 0 Å². The van der Waals surface area contributed by atoms with Crippen molar-refractivity contribution in [2.24, 2.45) is 0 Å². The lowest BCUT2D eigenvalue weighted by atomic mass is 10.1. The van der Waals surface area contributed by atoms with Crippen LogP contribution >= 0.6 is 0 Å². The van der Waals surface area contributed by atoms with Gasteiger partial charge in [-0.2, -0.15) is 0 Å². The van der Waals surface area contributed by atoms with E-state index in [9.17, 15) is 9.59 Å². The topological polar surface area (TPSA) is 74.3 Å². The Bertz CT molecular complexity index is 490. The fourth-order valence-corrected chi connectivity index (χ4v) is 2.05. The van der Waals surface area contributed by atoms with E-state index in [0.29, 0.717) is 0 Å². The van der Waals surface area contributed by atoms with Crippen LogP contribution in [-0.2, 0) is 4.79 Å². The molecule has 0 aliphatic rings. The van der Waals surface area contributed by atoms with Gasteiger partial charge in [0.25, 0.3) is 0 Å². The Kier molecular flexibility index (Phi) is 6.82. The van der Waals surface area contributed by atoms with Gasteiger partial charge in [0.15, 0.2) is 0 Å². The number of rotatable bonds is 6. The molecule has 6 heteroatoms. The number of amides is 3. The van der Waals surface area contributed by atoms with Gasteiger partial charge in [-0.15, -0.1) is 0 Å². The van der Waals surface area contributed by atoms with Crippen molar-refractivity contribution in [2.75, 3.05) is 7.05 Å². The molecule has 1 aromatic rings. The molecular formula is C16H26N4O2. The van der Waals surface area contributed by atoms with E-state index in [1.165, 1.54) is 0 Å². The quantitative estimate of drug-likeness (QED) is 0.845. The molecule has 0 unspecified atom stereocenters. The number of hydrogen-bond donors (Lipinski definition) is 2. The summed E-state index contributed by atoms with van der Waals surface area (Å²) in [7, 11) is 1.73. The Morgan fingerprint density at radius 2 is 1.91 bits per heavy atom. The summed E-state index contributed by atoms with van der Waals surface area (Å²) in [5, 5.41) is 5.65. The van der Waals surface area contributed by atoms with Crippen molar-refractivity contribution in [3.63, 3.8) is 0 Å². The third kappa shape index (κ3) is 5.71. The normalized spacial score (nSPS) is 13.4. The van der Waals surface area contributed by atoms with Crippen molar-refractivity contribution < 1.29 is 9.59 Å². The number of nitrogens with one attached hydrogen (secondary N) is 2. The fourth-order valence-electron chi connectivity index (χ4n) is 2.05. The molecule has 3 amide bonds. The van der Waals surface area contributed by atoms with Crippen LogP contribution in [0.2, 0.25) is 0 Å². The summed E-state index contributed by atoms with van der Waals surface area (Å²) in [6, 6.07) is 3.35. The van der Waals surface area contributed by atoms with Crippen molar-refractivity contribution in [1.82, 2.24) is 20.5 Å². The highest BCUT2D eigenvalue weighted by Gasteiger charge is 2.20. The molecule has 22 heavy (non-hydrogen) atoms.